The van der Waals surface area contributed by atoms with Crippen LogP contribution in [0.1, 0.15) is 32.4 Å². The maximum atomic E-state index is 12.8. The Bertz CT molecular complexity index is 477. The number of alkyl halides is 3. The number of nitrogens with two attached hydrogens (primary N) is 1. The third-order valence-electron chi connectivity index (χ3n) is 3.80. The minimum Gasteiger partial charge on any atom is -0.353 e. The SMILES string of the molecule is CC1CCCN(c2cc(C(F)(F)F)nc(NN)n2)C1C. The Labute approximate surface area is 115 Å². The second-order valence-electron chi connectivity index (χ2n) is 5.13. The van der Waals surface area contributed by atoms with Crippen molar-refractivity contribution in [3.8, 4) is 0 Å². The molecule has 5 nitrogen and oxygen atoms in total. The van der Waals surface area contributed by atoms with Crippen molar-refractivity contribution in [2.75, 3.05) is 16.9 Å². The van der Waals surface area contributed by atoms with Gasteiger partial charge in [-0.05, 0) is 25.7 Å². The highest BCUT2D eigenvalue weighted by Crippen LogP contribution is 2.33. The van der Waals surface area contributed by atoms with E-state index in [4.69, 9.17) is 5.84 Å². The molecule has 1 aromatic rings. The Morgan fingerprint density at radius 3 is 2.65 bits per heavy atom. The van der Waals surface area contributed by atoms with Gasteiger partial charge in [-0.1, -0.05) is 6.92 Å². The predicted octanol–water partition coefficient (Wildman–Crippen LogP) is 2.41. The van der Waals surface area contributed by atoms with Gasteiger partial charge in [0.15, 0.2) is 5.69 Å². The van der Waals surface area contributed by atoms with Crippen LogP contribution in [0.2, 0.25) is 0 Å². The molecule has 112 valence electrons. The van der Waals surface area contributed by atoms with E-state index in [1.807, 2.05) is 11.8 Å². The maximum Gasteiger partial charge on any atom is 0.433 e. The number of hydrogen-bond donors (Lipinski definition) is 2. The molecule has 0 radical (unpaired) electrons. The number of nitrogens with zero attached hydrogens (tertiary/aromatic N) is 3. The summed E-state index contributed by atoms with van der Waals surface area (Å²) in [6.45, 7) is 4.77. The molecular formula is C12H18F3N5. The quantitative estimate of drug-likeness (QED) is 0.646. The third-order valence-corrected chi connectivity index (χ3v) is 3.80. The second-order valence-corrected chi connectivity index (χ2v) is 5.13. The minimum absolute atomic E-state index is 0.130. The van der Waals surface area contributed by atoms with Crippen molar-refractivity contribution >= 4 is 11.8 Å². The molecule has 1 aromatic heterocycles. The lowest BCUT2D eigenvalue weighted by molar-refractivity contribution is -0.141. The topological polar surface area (TPSA) is 67.1 Å². The average Bonchev–Trinajstić information content (AvgIpc) is 2.40. The number of nitrogens with one attached hydrogen (secondary N) is 1. The fraction of sp³-hybridized carbons (Fsp3) is 0.667. The van der Waals surface area contributed by atoms with Crippen LogP contribution in [0.15, 0.2) is 6.07 Å². The van der Waals surface area contributed by atoms with Crippen LogP contribution in [0, 0.1) is 5.92 Å². The molecular weight excluding hydrogens is 271 g/mol. The first-order valence-corrected chi connectivity index (χ1v) is 6.52. The van der Waals surface area contributed by atoms with Gasteiger partial charge in [0.25, 0.3) is 0 Å². The molecule has 1 aliphatic heterocycles. The standard InChI is InChI=1S/C12H18F3N5/c1-7-4-3-5-20(8(7)2)10-6-9(12(13,14)15)17-11(18-10)19-16/h6-8H,3-5,16H2,1-2H3,(H,17,18,19). The highest BCUT2D eigenvalue weighted by molar-refractivity contribution is 5.46. The van der Waals surface area contributed by atoms with Crippen LogP contribution in [-0.4, -0.2) is 22.6 Å². The van der Waals surface area contributed by atoms with Crippen LogP contribution >= 0.6 is 0 Å². The van der Waals surface area contributed by atoms with Crippen LogP contribution < -0.4 is 16.2 Å². The molecule has 0 bridgehead atoms. The van der Waals surface area contributed by atoms with Gasteiger partial charge in [0.05, 0.1) is 0 Å². The number of aromatic nitrogens is 2. The van der Waals surface area contributed by atoms with Crippen LogP contribution in [0.3, 0.4) is 0 Å². The van der Waals surface area contributed by atoms with Gasteiger partial charge in [-0.2, -0.15) is 18.2 Å². The number of hydrogen-bond acceptors (Lipinski definition) is 5. The van der Waals surface area contributed by atoms with Gasteiger partial charge in [-0.3, -0.25) is 5.43 Å². The second kappa shape index (κ2) is 5.43. The van der Waals surface area contributed by atoms with Crippen molar-refractivity contribution in [2.24, 2.45) is 11.8 Å². The van der Waals surface area contributed by atoms with Crippen molar-refractivity contribution in [2.45, 2.75) is 38.9 Å². The lowest BCUT2D eigenvalue weighted by Crippen LogP contribution is -2.43. The van der Waals surface area contributed by atoms with Crippen molar-refractivity contribution < 1.29 is 13.2 Å². The summed E-state index contributed by atoms with van der Waals surface area (Å²) in [5, 5.41) is 0. The highest BCUT2D eigenvalue weighted by atomic mass is 19.4. The first-order valence-electron chi connectivity index (χ1n) is 6.52. The van der Waals surface area contributed by atoms with E-state index >= 15 is 0 Å². The zero-order valence-electron chi connectivity index (χ0n) is 11.4. The zero-order chi connectivity index (χ0) is 14.9. The van der Waals surface area contributed by atoms with Gasteiger partial charge < -0.3 is 4.90 Å². The average molecular weight is 289 g/mol. The Balaban J connectivity index is 2.40. The summed E-state index contributed by atoms with van der Waals surface area (Å²) in [6.07, 6.45) is -2.52. The van der Waals surface area contributed by atoms with Crippen molar-refractivity contribution in [1.82, 2.24) is 9.97 Å². The number of piperidine rings is 1. The van der Waals surface area contributed by atoms with Gasteiger partial charge in [0.2, 0.25) is 5.95 Å². The minimum atomic E-state index is -4.52. The Hall–Kier alpha value is -1.57. The molecule has 0 aromatic carbocycles. The molecule has 8 heteroatoms. The van der Waals surface area contributed by atoms with Crippen LogP contribution in [0.5, 0.6) is 0 Å². The molecule has 0 spiro atoms. The third kappa shape index (κ3) is 2.95. The molecule has 0 aliphatic carbocycles. The first kappa shape index (κ1) is 14.8. The van der Waals surface area contributed by atoms with Gasteiger partial charge in [0.1, 0.15) is 5.82 Å². The van der Waals surface area contributed by atoms with Crippen molar-refractivity contribution in [1.29, 1.82) is 0 Å². The van der Waals surface area contributed by atoms with E-state index in [2.05, 4.69) is 22.3 Å². The van der Waals surface area contributed by atoms with Crippen LogP contribution in [-0.2, 0) is 6.18 Å². The monoisotopic (exact) mass is 289 g/mol. The van der Waals surface area contributed by atoms with Gasteiger partial charge in [0, 0.05) is 18.7 Å². The summed E-state index contributed by atoms with van der Waals surface area (Å²) in [7, 11) is 0. The van der Waals surface area contributed by atoms with Crippen molar-refractivity contribution in [3.63, 3.8) is 0 Å². The summed E-state index contributed by atoms with van der Waals surface area (Å²) in [5.74, 6) is 5.61. The molecule has 2 unspecified atom stereocenters. The number of anilines is 2. The lowest BCUT2D eigenvalue weighted by atomic mass is 9.92. The molecule has 20 heavy (non-hydrogen) atoms. The molecule has 0 amide bonds. The summed E-state index contributed by atoms with van der Waals surface area (Å²) in [4.78, 5) is 9.30. The van der Waals surface area contributed by atoms with E-state index in [0.29, 0.717) is 12.5 Å². The summed E-state index contributed by atoms with van der Waals surface area (Å²) in [6, 6.07) is 1.11. The number of hydrazine groups is 1. The summed E-state index contributed by atoms with van der Waals surface area (Å²) in [5.41, 5.74) is 1.11. The molecule has 1 aliphatic rings. The van der Waals surface area contributed by atoms with Gasteiger partial charge in [-0.15, -0.1) is 0 Å². The number of nitrogen functional groups attached to an aromatic ring is 1. The highest BCUT2D eigenvalue weighted by Gasteiger charge is 2.35. The molecule has 2 atom stereocenters. The Morgan fingerprint density at radius 1 is 1.35 bits per heavy atom. The molecule has 1 fully saturated rings. The zero-order valence-corrected chi connectivity index (χ0v) is 11.4. The summed E-state index contributed by atoms with van der Waals surface area (Å²) >= 11 is 0. The maximum absolute atomic E-state index is 12.8. The normalized spacial score (nSPS) is 23.8. The first-order chi connectivity index (χ1) is 9.32. The summed E-state index contributed by atoms with van der Waals surface area (Å²) < 4.78 is 38.5. The van der Waals surface area contributed by atoms with E-state index in [1.54, 1.807) is 0 Å². The number of halogens is 3. The largest absolute Gasteiger partial charge is 0.433 e. The number of rotatable bonds is 2. The van der Waals surface area contributed by atoms with E-state index in [-0.39, 0.29) is 17.8 Å². The molecule has 2 rings (SSSR count). The van der Waals surface area contributed by atoms with Crippen molar-refractivity contribution in [3.05, 3.63) is 11.8 Å². The fourth-order valence-corrected chi connectivity index (χ4v) is 2.45. The molecule has 0 saturated carbocycles. The Kier molecular flexibility index (Phi) is 4.03. The van der Waals surface area contributed by atoms with Gasteiger partial charge >= 0.3 is 6.18 Å². The van der Waals surface area contributed by atoms with Crippen LogP contribution in [0.25, 0.3) is 0 Å². The van der Waals surface area contributed by atoms with E-state index in [9.17, 15) is 13.2 Å². The molecule has 3 N–H and O–H groups in total. The Morgan fingerprint density at radius 2 is 2.05 bits per heavy atom. The van der Waals surface area contributed by atoms with E-state index in [1.165, 1.54) is 0 Å². The molecule has 2 heterocycles. The smallest absolute Gasteiger partial charge is 0.353 e. The predicted molar refractivity (Wildman–Crippen MR) is 70.1 cm³/mol. The van der Waals surface area contributed by atoms with Crippen LogP contribution in [0.4, 0.5) is 24.9 Å². The van der Waals surface area contributed by atoms with E-state index < -0.39 is 11.9 Å². The lowest BCUT2D eigenvalue weighted by Gasteiger charge is -2.39. The van der Waals surface area contributed by atoms with E-state index in [0.717, 1.165) is 18.9 Å². The fourth-order valence-electron chi connectivity index (χ4n) is 2.45. The van der Waals surface area contributed by atoms with Gasteiger partial charge in [-0.25, -0.2) is 10.8 Å². The molecule has 1 saturated heterocycles.